The monoisotopic (exact) mass is 177 g/mol. The van der Waals surface area contributed by atoms with Gasteiger partial charge in [0.15, 0.2) is 0 Å². The molecule has 0 spiro atoms. The molecule has 1 aromatic carbocycles. The first-order valence-electron chi connectivity index (χ1n) is 4.70. The standard InChI is InChI=1S/C12H19N/c1-8-6-7-11(12(4,5)13)10(3)9(8)2/h6-7H,13H2,1-5H3. The highest BCUT2D eigenvalue weighted by Gasteiger charge is 2.17. The second kappa shape index (κ2) is 3.15. The largest absolute Gasteiger partial charge is 0.322 e. The van der Waals surface area contributed by atoms with E-state index in [-0.39, 0.29) is 5.54 Å². The van der Waals surface area contributed by atoms with Gasteiger partial charge in [-0.3, -0.25) is 0 Å². The zero-order chi connectivity index (χ0) is 10.2. The molecular weight excluding hydrogens is 158 g/mol. The van der Waals surface area contributed by atoms with Crippen molar-refractivity contribution in [1.82, 2.24) is 0 Å². The van der Waals surface area contributed by atoms with Crippen molar-refractivity contribution in [3.63, 3.8) is 0 Å². The van der Waals surface area contributed by atoms with Gasteiger partial charge in [-0.05, 0) is 56.9 Å². The van der Waals surface area contributed by atoms with Gasteiger partial charge in [0.2, 0.25) is 0 Å². The molecule has 72 valence electrons. The maximum Gasteiger partial charge on any atom is 0.0355 e. The fraction of sp³-hybridized carbons (Fsp3) is 0.500. The quantitative estimate of drug-likeness (QED) is 0.701. The lowest BCUT2D eigenvalue weighted by molar-refractivity contribution is 0.550. The molecule has 1 aromatic rings. The summed E-state index contributed by atoms with van der Waals surface area (Å²) in [6.45, 7) is 10.5. The van der Waals surface area contributed by atoms with E-state index in [1.165, 1.54) is 22.3 Å². The number of hydrogen-bond acceptors (Lipinski definition) is 1. The van der Waals surface area contributed by atoms with E-state index in [0.29, 0.717) is 0 Å². The molecule has 13 heavy (non-hydrogen) atoms. The molecule has 0 amide bonds. The van der Waals surface area contributed by atoms with Crippen LogP contribution in [-0.2, 0) is 5.54 Å². The Morgan fingerprint density at radius 2 is 1.54 bits per heavy atom. The molecule has 2 N–H and O–H groups in total. The van der Waals surface area contributed by atoms with Crippen molar-refractivity contribution < 1.29 is 0 Å². The van der Waals surface area contributed by atoms with E-state index in [0.717, 1.165) is 0 Å². The fourth-order valence-corrected chi connectivity index (χ4v) is 1.65. The molecule has 1 rings (SSSR count). The number of benzene rings is 1. The first-order chi connectivity index (χ1) is 5.84. The summed E-state index contributed by atoms with van der Waals surface area (Å²) >= 11 is 0. The number of nitrogens with two attached hydrogens (primary N) is 1. The van der Waals surface area contributed by atoms with Gasteiger partial charge in [-0.2, -0.15) is 0 Å². The van der Waals surface area contributed by atoms with Crippen molar-refractivity contribution in [1.29, 1.82) is 0 Å². The van der Waals surface area contributed by atoms with Crippen LogP contribution in [0.3, 0.4) is 0 Å². The molecule has 0 bridgehead atoms. The van der Waals surface area contributed by atoms with Gasteiger partial charge in [0, 0.05) is 5.54 Å². The average Bonchev–Trinajstić information content (AvgIpc) is 1.98. The van der Waals surface area contributed by atoms with E-state index in [4.69, 9.17) is 5.73 Å². The molecule has 0 saturated heterocycles. The molecule has 0 heterocycles. The summed E-state index contributed by atoms with van der Waals surface area (Å²) in [4.78, 5) is 0. The van der Waals surface area contributed by atoms with Crippen LogP contribution in [0, 0.1) is 20.8 Å². The Kier molecular flexibility index (Phi) is 2.49. The van der Waals surface area contributed by atoms with E-state index in [1.807, 2.05) is 13.8 Å². The van der Waals surface area contributed by atoms with Crippen LogP contribution in [0.4, 0.5) is 0 Å². The molecule has 0 aliphatic carbocycles. The molecule has 0 aromatic heterocycles. The van der Waals surface area contributed by atoms with Crippen LogP contribution >= 0.6 is 0 Å². The van der Waals surface area contributed by atoms with Crippen LogP contribution in [0.5, 0.6) is 0 Å². The topological polar surface area (TPSA) is 26.0 Å². The molecule has 0 saturated carbocycles. The lowest BCUT2D eigenvalue weighted by Gasteiger charge is -2.23. The van der Waals surface area contributed by atoms with Crippen molar-refractivity contribution in [2.24, 2.45) is 5.73 Å². The van der Waals surface area contributed by atoms with Gasteiger partial charge < -0.3 is 5.73 Å². The molecule has 0 atom stereocenters. The smallest absolute Gasteiger partial charge is 0.0355 e. The van der Waals surface area contributed by atoms with E-state index in [1.54, 1.807) is 0 Å². The summed E-state index contributed by atoms with van der Waals surface area (Å²) in [5, 5.41) is 0. The molecular formula is C12H19N. The van der Waals surface area contributed by atoms with Crippen molar-refractivity contribution in [3.05, 3.63) is 34.4 Å². The van der Waals surface area contributed by atoms with Gasteiger partial charge in [0.1, 0.15) is 0 Å². The maximum absolute atomic E-state index is 6.08. The molecule has 0 aliphatic heterocycles. The average molecular weight is 177 g/mol. The van der Waals surface area contributed by atoms with Crippen LogP contribution in [0.1, 0.15) is 36.1 Å². The molecule has 0 radical (unpaired) electrons. The van der Waals surface area contributed by atoms with Gasteiger partial charge in [0.05, 0.1) is 0 Å². The van der Waals surface area contributed by atoms with Crippen LogP contribution in [0.2, 0.25) is 0 Å². The first kappa shape index (κ1) is 10.3. The second-order valence-corrected chi connectivity index (χ2v) is 4.40. The van der Waals surface area contributed by atoms with Gasteiger partial charge in [-0.15, -0.1) is 0 Å². The third-order valence-electron chi connectivity index (χ3n) is 2.75. The third-order valence-corrected chi connectivity index (χ3v) is 2.75. The highest BCUT2D eigenvalue weighted by atomic mass is 14.7. The summed E-state index contributed by atoms with van der Waals surface area (Å²) in [6.07, 6.45) is 0. The minimum atomic E-state index is -0.234. The van der Waals surface area contributed by atoms with Crippen molar-refractivity contribution in [2.45, 2.75) is 40.2 Å². The Morgan fingerprint density at radius 3 is 2.00 bits per heavy atom. The predicted molar refractivity (Wildman–Crippen MR) is 57.9 cm³/mol. The summed E-state index contributed by atoms with van der Waals surface area (Å²) in [7, 11) is 0. The van der Waals surface area contributed by atoms with Gasteiger partial charge in [0.25, 0.3) is 0 Å². The lowest BCUT2D eigenvalue weighted by atomic mass is 9.88. The van der Waals surface area contributed by atoms with Gasteiger partial charge in [-0.25, -0.2) is 0 Å². The van der Waals surface area contributed by atoms with E-state index < -0.39 is 0 Å². The Labute approximate surface area is 81.0 Å². The minimum absolute atomic E-state index is 0.234. The minimum Gasteiger partial charge on any atom is -0.322 e. The van der Waals surface area contributed by atoms with Gasteiger partial charge >= 0.3 is 0 Å². The normalized spacial score (nSPS) is 11.8. The zero-order valence-corrected chi connectivity index (χ0v) is 9.23. The van der Waals surface area contributed by atoms with Crippen LogP contribution in [-0.4, -0.2) is 0 Å². The number of rotatable bonds is 1. The maximum atomic E-state index is 6.08. The third kappa shape index (κ3) is 1.92. The van der Waals surface area contributed by atoms with Crippen molar-refractivity contribution in [2.75, 3.05) is 0 Å². The summed E-state index contributed by atoms with van der Waals surface area (Å²) in [5.41, 5.74) is 11.1. The lowest BCUT2D eigenvalue weighted by Crippen LogP contribution is -2.29. The Balaban J connectivity index is 3.35. The van der Waals surface area contributed by atoms with Crippen molar-refractivity contribution >= 4 is 0 Å². The highest BCUT2D eigenvalue weighted by Crippen LogP contribution is 2.24. The van der Waals surface area contributed by atoms with E-state index in [9.17, 15) is 0 Å². The molecule has 0 aliphatic rings. The van der Waals surface area contributed by atoms with Gasteiger partial charge in [-0.1, -0.05) is 12.1 Å². The summed E-state index contributed by atoms with van der Waals surface area (Å²) < 4.78 is 0. The molecule has 0 fully saturated rings. The van der Waals surface area contributed by atoms with Crippen LogP contribution in [0.15, 0.2) is 12.1 Å². The van der Waals surface area contributed by atoms with Crippen molar-refractivity contribution in [3.8, 4) is 0 Å². The Hall–Kier alpha value is -0.820. The fourth-order valence-electron chi connectivity index (χ4n) is 1.65. The molecule has 1 heteroatoms. The Morgan fingerprint density at radius 1 is 1.00 bits per heavy atom. The molecule has 0 unspecified atom stereocenters. The number of hydrogen-bond donors (Lipinski definition) is 1. The van der Waals surface area contributed by atoms with Crippen LogP contribution in [0.25, 0.3) is 0 Å². The first-order valence-corrected chi connectivity index (χ1v) is 4.70. The summed E-state index contributed by atoms with van der Waals surface area (Å²) in [6, 6.07) is 4.28. The Bertz CT molecular complexity index is 319. The second-order valence-electron chi connectivity index (χ2n) is 4.40. The zero-order valence-electron chi connectivity index (χ0n) is 9.23. The number of aryl methyl sites for hydroxylation is 1. The highest BCUT2D eigenvalue weighted by molar-refractivity contribution is 5.41. The van der Waals surface area contributed by atoms with Crippen LogP contribution < -0.4 is 5.73 Å². The SMILES string of the molecule is Cc1ccc(C(C)(C)N)c(C)c1C. The predicted octanol–water partition coefficient (Wildman–Crippen LogP) is 2.81. The van der Waals surface area contributed by atoms with E-state index >= 15 is 0 Å². The van der Waals surface area contributed by atoms with E-state index in [2.05, 4.69) is 32.9 Å². The summed E-state index contributed by atoms with van der Waals surface area (Å²) in [5.74, 6) is 0. The molecule has 1 nitrogen and oxygen atoms in total.